The number of benzene rings is 1. The topological polar surface area (TPSA) is 80.8 Å². The van der Waals surface area contributed by atoms with Crippen molar-refractivity contribution in [3.63, 3.8) is 0 Å². The number of methoxy groups -OCH3 is 1. The molecule has 2 heterocycles. The van der Waals surface area contributed by atoms with Crippen LogP contribution in [-0.4, -0.2) is 48.5 Å². The van der Waals surface area contributed by atoms with Crippen molar-refractivity contribution in [2.45, 2.75) is 19.8 Å². The third-order valence-corrected chi connectivity index (χ3v) is 5.02. The lowest BCUT2D eigenvalue weighted by molar-refractivity contribution is -0.136. The van der Waals surface area contributed by atoms with Gasteiger partial charge >= 0.3 is 0 Å². The quantitative estimate of drug-likeness (QED) is 0.779. The summed E-state index contributed by atoms with van der Waals surface area (Å²) in [5, 5.41) is 3.28. The first-order chi connectivity index (χ1) is 14.0. The molecule has 1 aromatic carbocycles. The summed E-state index contributed by atoms with van der Waals surface area (Å²) >= 11 is 5.81. The van der Waals surface area contributed by atoms with Gasteiger partial charge in [0.2, 0.25) is 5.91 Å². The Morgan fingerprint density at radius 3 is 2.83 bits per heavy atom. The number of aromatic nitrogens is 1. The normalized spacial score (nSPS) is 16.2. The van der Waals surface area contributed by atoms with E-state index < -0.39 is 0 Å². The number of carbonyl (C=O) groups is 2. The second-order valence-corrected chi connectivity index (χ2v) is 7.41. The van der Waals surface area contributed by atoms with Crippen LogP contribution in [0.1, 0.15) is 18.4 Å². The second-order valence-electron chi connectivity index (χ2n) is 6.97. The Kier molecular flexibility index (Phi) is 6.93. The fourth-order valence-electron chi connectivity index (χ4n) is 3.22. The molecule has 3 rings (SSSR count). The predicted octanol–water partition coefficient (Wildman–Crippen LogP) is 3.31. The Balaban J connectivity index is 1.55. The number of pyridine rings is 1. The molecule has 8 heteroatoms. The van der Waals surface area contributed by atoms with Crippen LogP contribution in [-0.2, 0) is 9.59 Å². The summed E-state index contributed by atoms with van der Waals surface area (Å²) in [6, 6.07) is 8.85. The number of rotatable bonds is 6. The van der Waals surface area contributed by atoms with Crippen LogP contribution in [0.3, 0.4) is 0 Å². The van der Waals surface area contributed by atoms with Gasteiger partial charge in [0.25, 0.3) is 5.91 Å². The molecule has 2 amide bonds. The van der Waals surface area contributed by atoms with E-state index in [2.05, 4.69) is 10.3 Å². The van der Waals surface area contributed by atoms with Crippen molar-refractivity contribution in [2.24, 2.45) is 5.92 Å². The Morgan fingerprint density at radius 2 is 2.10 bits per heavy atom. The Bertz CT molecular complexity index is 873. The van der Waals surface area contributed by atoms with E-state index in [0.29, 0.717) is 35.4 Å². The van der Waals surface area contributed by atoms with E-state index in [4.69, 9.17) is 21.1 Å². The number of likely N-dealkylation sites (tertiary alicyclic amines) is 1. The third kappa shape index (κ3) is 5.60. The number of aryl methyl sites for hydroxylation is 1. The second kappa shape index (κ2) is 9.60. The lowest BCUT2D eigenvalue weighted by atomic mass is 9.97. The maximum Gasteiger partial charge on any atom is 0.260 e. The molecule has 1 aliphatic heterocycles. The van der Waals surface area contributed by atoms with Crippen molar-refractivity contribution >= 4 is 29.2 Å². The van der Waals surface area contributed by atoms with Gasteiger partial charge in [-0.3, -0.25) is 9.59 Å². The van der Waals surface area contributed by atoms with Crippen LogP contribution >= 0.6 is 11.6 Å². The average molecular weight is 418 g/mol. The maximum atomic E-state index is 12.6. The first-order valence-electron chi connectivity index (χ1n) is 9.44. The molecule has 2 aromatic rings. The smallest absolute Gasteiger partial charge is 0.260 e. The van der Waals surface area contributed by atoms with E-state index in [0.717, 1.165) is 18.4 Å². The summed E-state index contributed by atoms with van der Waals surface area (Å²) in [6.07, 6.45) is 2.95. The van der Waals surface area contributed by atoms with Gasteiger partial charge < -0.3 is 19.7 Å². The minimum absolute atomic E-state index is 0.105. The molecule has 0 radical (unpaired) electrons. The highest BCUT2D eigenvalue weighted by atomic mass is 35.5. The molecule has 1 fully saturated rings. The number of carbonyl (C=O) groups excluding carboxylic acids is 2. The van der Waals surface area contributed by atoms with E-state index >= 15 is 0 Å². The number of anilines is 1. The molecule has 29 heavy (non-hydrogen) atoms. The molecule has 0 spiro atoms. The van der Waals surface area contributed by atoms with Crippen molar-refractivity contribution < 1.29 is 19.1 Å². The molecule has 1 aromatic heterocycles. The highest BCUT2D eigenvalue weighted by molar-refractivity contribution is 6.30. The van der Waals surface area contributed by atoms with E-state index in [1.54, 1.807) is 30.2 Å². The zero-order valence-corrected chi connectivity index (χ0v) is 17.2. The SMILES string of the molecule is COc1cc(C)ccc1OCC(=O)N1CCCC(C(=O)Nc2ccc(Cl)cn2)C1. The summed E-state index contributed by atoms with van der Waals surface area (Å²) < 4.78 is 11.0. The molecular formula is C21H24ClN3O4. The van der Waals surface area contributed by atoms with Crippen molar-refractivity contribution in [3.05, 3.63) is 47.1 Å². The number of halogens is 1. The van der Waals surface area contributed by atoms with Crippen molar-refractivity contribution in [1.82, 2.24) is 9.88 Å². The molecule has 0 aliphatic carbocycles. The van der Waals surface area contributed by atoms with Gasteiger partial charge in [0.15, 0.2) is 18.1 Å². The molecule has 1 atom stereocenters. The highest BCUT2D eigenvalue weighted by Crippen LogP contribution is 2.28. The molecule has 1 unspecified atom stereocenters. The average Bonchev–Trinajstić information content (AvgIpc) is 2.74. The molecule has 154 valence electrons. The Hall–Kier alpha value is -2.80. The van der Waals surface area contributed by atoms with Gasteiger partial charge in [0, 0.05) is 19.3 Å². The number of nitrogens with zero attached hydrogens (tertiary/aromatic N) is 2. The summed E-state index contributed by atoms with van der Waals surface area (Å²) in [6.45, 7) is 2.81. The van der Waals surface area contributed by atoms with E-state index in [9.17, 15) is 9.59 Å². The maximum absolute atomic E-state index is 12.6. The fraction of sp³-hybridized carbons (Fsp3) is 0.381. The van der Waals surface area contributed by atoms with Crippen LogP contribution in [0.4, 0.5) is 5.82 Å². The number of piperidine rings is 1. The van der Waals surface area contributed by atoms with Crippen LogP contribution < -0.4 is 14.8 Å². The number of amides is 2. The molecule has 7 nitrogen and oxygen atoms in total. The number of nitrogens with one attached hydrogen (secondary N) is 1. The highest BCUT2D eigenvalue weighted by Gasteiger charge is 2.29. The van der Waals surface area contributed by atoms with E-state index in [1.807, 2.05) is 19.1 Å². The zero-order chi connectivity index (χ0) is 20.8. The van der Waals surface area contributed by atoms with Gasteiger partial charge in [0.1, 0.15) is 5.82 Å². The van der Waals surface area contributed by atoms with Crippen LogP contribution in [0, 0.1) is 12.8 Å². The molecule has 1 saturated heterocycles. The van der Waals surface area contributed by atoms with Crippen molar-refractivity contribution in [1.29, 1.82) is 0 Å². The lowest BCUT2D eigenvalue weighted by Crippen LogP contribution is -2.45. The Morgan fingerprint density at radius 1 is 1.28 bits per heavy atom. The van der Waals surface area contributed by atoms with Gasteiger partial charge in [-0.1, -0.05) is 17.7 Å². The third-order valence-electron chi connectivity index (χ3n) is 4.79. The summed E-state index contributed by atoms with van der Waals surface area (Å²) in [4.78, 5) is 30.9. The number of ether oxygens (including phenoxy) is 2. The minimum atomic E-state index is -0.293. The summed E-state index contributed by atoms with van der Waals surface area (Å²) in [5.74, 6) is 0.945. The first kappa shape index (κ1) is 20.9. The predicted molar refractivity (Wildman–Crippen MR) is 110 cm³/mol. The van der Waals surface area contributed by atoms with Gasteiger partial charge in [-0.25, -0.2) is 4.98 Å². The largest absolute Gasteiger partial charge is 0.493 e. The molecule has 0 saturated carbocycles. The molecule has 1 aliphatic rings. The van der Waals surface area contributed by atoms with Crippen LogP contribution in [0.2, 0.25) is 5.02 Å². The van der Waals surface area contributed by atoms with E-state index in [-0.39, 0.29) is 24.3 Å². The number of hydrogen-bond acceptors (Lipinski definition) is 5. The van der Waals surface area contributed by atoms with Gasteiger partial charge in [-0.05, 0) is 49.6 Å². The van der Waals surface area contributed by atoms with Crippen LogP contribution in [0.5, 0.6) is 11.5 Å². The monoisotopic (exact) mass is 417 g/mol. The molecule has 0 bridgehead atoms. The standard InChI is InChI=1S/C21H24ClN3O4/c1-14-5-7-17(18(10-14)28-2)29-13-20(26)25-9-3-4-15(12-25)21(27)24-19-8-6-16(22)11-23-19/h5-8,10-11,15H,3-4,9,12-13H2,1-2H3,(H,23,24,27). The molecule has 1 N–H and O–H groups in total. The lowest BCUT2D eigenvalue weighted by Gasteiger charge is -2.32. The van der Waals surface area contributed by atoms with Gasteiger partial charge in [0.05, 0.1) is 18.1 Å². The Labute approximate surface area is 175 Å². The summed E-state index contributed by atoms with van der Waals surface area (Å²) in [7, 11) is 1.56. The minimum Gasteiger partial charge on any atom is -0.493 e. The molecular weight excluding hydrogens is 394 g/mol. The van der Waals surface area contributed by atoms with Crippen molar-refractivity contribution in [2.75, 3.05) is 32.1 Å². The summed E-state index contributed by atoms with van der Waals surface area (Å²) in [5.41, 5.74) is 1.04. The van der Waals surface area contributed by atoms with Gasteiger partial charge in [-0.2, -0.15) is 0 Å². The van der Waals surface area contributed by atoms with Crippen LogP contribution in [0.15, 0.2) is 36.5 Å². The van der Waals surface area contributed by atoms with Crippen LogP contribution in [0.25, 0.3) is 0 Å². The van der Waals surface area contributed by atoms with E-state index in [1.165, 1.54) is 6.20 Å². The van der Waals surface area contributed by atoms with Crippen molar-refractivity contribution in [3.8, 4) is 11.5 Å². The first-order valence-corrected chi connectivity index (χ1v) is 9.81. The fourth-order valence-corrected chi connectivity index (χ4v) is 3.33. The zero-order valence-electron chi connectivity index (χ0n) is 16.5. The van der Waals surface area contributed by atoms with Gasteiger partial charge in [-0.15, -0.1) is 0 Å². The number of hydrogen-bond donors (Lipinski definition) is 1.